The molecule has 3 amide bonds. The zero-order chi connectivity index (χ0) is 18.2. The lowest BCUT2D eigenvalue weighted by molar-refractivity contribution is -0.129. The fourth-order valence-corrected chi connectivity index (χ4v) is 2.69. The number of likely N-dealkylation sites (N-methyl/N-ethyl adjacent to an activating group) is 1. The van der Waals surface area contributed by atoms with Crippen LogP contribution in [0.2, 0.25) is 0 Å². The molecule has 1 fully saturated rings. The van der Waals surface area contributed by atoms with Gasteiger partial charge in [0, 0.05) is 30.9 Å². The Morgan fingerprint density at radius 3 is 2.64 bits per heavy atom. The second-order valence-corrected chi connectivity index (χ2v) is 5.82. The largest absolute Gasteiger partial charge is 0.368 e. The number of nitrogens with zero attached hydrogens (tertiary/aromatic N) is 1. The van der Waals surface area contributed by atoms with Gasteiger partial charge in [-0.2, -0.15) is 0 Å². The Balaban J connectivity index is 1.92. The monoisotopic (exact) mass is 347 g/mol. The molecule has 0 aromatic heterocycles. The normalized spacial score (nSPS) is 16.3. The van der Waals surface area contributed by atoms with E-state index in [9.17, 15) is 14.4 Å². The van der Waals surface area contributed by atoms with Crippen molar-refractivity contribution in [1.82, 2.24) is 10.2 Å². The third kappa shape index (κ3) is 5.29. The first-order valence-corrected chi connectivity index (χ1v) is 8.63. The van der Waals surface area contributed by atoms with Gasteiger partial charge in [0.1, 0.15) is 6.10 Å². The molecule has 0 radical (unpaired) electrons. The lowest BCUT2D eigenvalue weighted by Gasteiger charge is -2.18. The van der Waals surface area contributed by atoms with Crippen molar-refractivity contribution in [2.75, 3.05) is 31.6 Å². The van der Waals surface area contributed by atoms with Crippen molar-refractivity contribution < 1.29 is 19.1 Å². The zero-order valence-corrected chi connectivity index (χ0v) is 14.7. The van der Waals surface area contributed by atoms with Crippen LogP contribution >= 0.6 is 0 Å². The topological polar surface area (TPSA) is 87.7 Å². The smallest absolute Gasteiger partial charge is 0.253 e. The van der Waals surface area contributed by atoms with Gasteiger partial charge in [0.25, 0.3) is 11.8 Å². The first-order valence-electron chi connectivity index (χ1n) is 8.63. The summed E-state index contributed by atoms with van der Waals surface area (Å²) in [6.07, 6.45) is 1.16. The first-order chi connectivity index (χ1) is 12.0. The summed E-state index contributed by atoms with van der Waals surface area (Å²) in [5.41, 5.74) is 0.917. The number of rotatable bonds is 7. The maximum Gasteiger partial charge on any atom is 0.253 e. The van der Waals surface area contributed by atoms with Crippen LogP contribution in [0.1, 0.15) is 37.0 Å². The van der Waals surface area contributed by atoms with Gasteiger partial charge in [-0.1, -0.05) is 6.07 Å². The summed E-state index contributed by atoms with van der Waals surface area (Å²) in [6.45, 7) is 5.55. The van der Waals surface area contributed by atoms with E-state index in [1.165, 1.54) is 0 Å². The van der Waals surface area contributed by atoms with Crippen LogP contribution in [0.3, 0.4) is 0 Å². The number of ether oxygens (including phenoxy) is 1. The van der Waals surface area contributed by atoms with Gasteiger partial charge in [-0.25, -0.2) is 0 Å². The van der Waals surface area contributed by atoms with Gasteiger partial charge in [0.05, 0.1) is 6.54 Å². The molecule has 136 valence electrons. The summed E-state index contributed by atoms with van der Waals surface area (Å²) >= 11 is 0. The highest BCUT2D eigenvalue weighted by Gasteiger charge is 2.23. The quantitative estimate of drug-likeness (QED) is 0.780. The number of carbonyl (C=O) groups is 3. The summed E-state index contributed by atoms with van der Waals surface area (Å²) in [5.74, 6) is -0.679. The molecule has 25 heavy (non-hydrogen) atoms. The maximum absolute atomic E-state index is 12.2. The molecule has 1 saturated heterocycles. The van der Waals surface area contributed by atoms with E-state index in [1.54, 1.807) is 29.2 Å². The SMILES string of the molecule is CCN(CC)C(=O)CNC(=O)c1cccc(NC(=O)[C@@H]2CCCO2)c1. The number of nitrogens with one attached hydrogen (secondary N) is 2. The Kier molecular flexibility index (Phi) is 6.94. The van der Waals surface area contributed by atoms with E-state index >= 15 is 0 Å². The molecule has 0 saturated carbocycles. The predicted molar refractivity (Wildman–Crippen MR) is 94.3 cm³/mol. The predicted octanol–water partition coefficient (Wildman–Crippen LogP) is 1.40. The van der Waals surface area contributed by atoms with Crippen molar-refractivity contribution in [1.29, 1.82) is 0 Å². The Hall–Kier alpha value is -2.41. The van der Waals surface area contributed by atoms with E-state index in [-0.39, 0.29) is 24.3 Å². The molecule has 2 N–H and O–H groups in total. The highest BCUT2D eigenvalue weighted by atomic mass is 16.5. The standard InChI is InChI=1S/C18H25N3O4/c1-3-21(4-2)16(22)12-19-17(23)13-7-5-8-14(11-13)20-18(24)15-9-6-10-25-15/h5,7-8,11,15H,3-4,6,9-10,12H2,1-2H3,(H,19,23)(H,20,24)/t15-/m0/s1. The van der Waals surface area contributed by atoms with Crippen LogP contribution in [0.15, 0.2) is 24.3 Å². The van der Waals surface area contributed by atoms with Gasteiger partial charge < -0.3 is 20.3 Å². The lowest BCUT2D eigenvalue weighted by atomic mass is 10.1. The van der Waals surface area contributed by atoms with Gasteiger partial charge >= 0.3 is 0 Å². The third-order valence-electron chi connectivity index (χ3n) is 4.13. The van der Waals surface area contributed by atoms with Gasteiger partial charge in [-0.3, -0.25) is 14.4 Å². The Labute approximate surface area is 147 Å². The van der Waals surface area contributed by atoms with Crippen molar-refractivity contribution in [3.05, 3.63) is 29.8 Å². The van der Waals surface area contributed by atoms with Crippen LogP contribution in [0.4, 0.5) is 5.69 Å². The molecular formula is C18H25N3O4. The number of amides is 3. The van der Waals surface area contributed by atoms with Crippen LogP contribution < -0.4 is 10.6 Å². The maximum atomic E-state index is 12.2. The number of hydrogen-bond donors (Lipinski definition) is 2. The van der Waals surface area contributed by atoms with Crippen LogP contribution in [-0.4, -0.2) is 55.0 Å². The van der Waals surface area contributed by atoms with Crippen molar-refractivity contribution in [3.63, 3.8) is 0 Å². The van der Waals surface area contributed by atoms with E-state index in [4.69, 9.17) is 4.74 Å². The minimum atomic E-state index is -0.427. The summed E-state index contributed by atoms with van der Waals surface area (Å²) in [6, 6.07) is 6.62. The molecule has 1 aliphatic rings. The van der Waals surface area contributed by atoms with E-state index in [1.807, 2.05) is 13.8 Å². The lowest BCUT2D eigenvalue weighted by Crippen LogP contribution is -2.40. The molecule has 1 aliphatic heterocycles. The van der Waals surface area contributed by atoms with Crippen molar-refractivity contribution >= 4 is 23.4 Å². The number of anilines is 1. The fraction of sp³-hybridized carbons (Fsp3) is 0.500. The molecule has 0 aliphatic carbocycles. The van der Waals surface area contributed by atoms with E-state index in [2.05, 4.69) is 10.6 Å². The van der Waals surface area contributed by atoms with E-state index in [0.29, 0.717) is 37.4 Å². The summed E-state index contributed by atoms with van der Waals surface area (Å²) in [5, 5.41) is 5.38. The molecule has 0 bridgehead atoms. The number of hydrogen-bond acceptors (Lipinski definition) is 4. The van der Waals surface area contributed by atoms with Crippen LogP contribution in [0.25, 0.3) is 0 Å². The highest BCUT2D eigenvalue weighted by molar-refractivity contribution is 5.99. The summed E-state index contributed by atoms with van der Waals surface area (Å²) in [7, 11) is 0. The minimum absolute atomic E-state index is 0.0486. The van der Waals surface area contributed by atoms with Gasteiger partial charge in [0.2, 0.25) is 5.91 Å². The van der Waals surface area contributed by atoms with Crippen molar-refractivity contribution in [3.8, 4) is 0 Å². The molecule has 2 rings (SSSR count). The van der Waals surface area contributed by atoms with Crippen LogP contribution in [-0.2, 0) is 14.3 Å². The van der Waals surface area contributed by atoms with Crippen molar-refractivity contribution in [2.45, 2.75) is 32.8 Å². The Morgan fingerprint density at radius 2 is 2.00 bits per heavy atom. The summed E-state index contributed by atoms with van der Waals surface area (Å²) < 4.78 is 5.34. The molecular weight excluding hydrogens is 322 g/mol. The van der Waals surface area contributed by atoms with Crippen LogP contribution in [0.5, 0.6) is 0 Å². The van der Waals surface area contributed by atoms with Gasteiger partial charge in [0.15, 0.2) is 0 Å². The minimum Gasteiger partial charge on any atom is -0.368 e. The second kappa shape index (κ2) is 9.17. The molecule has 0 spiro atoms. The fourth-order valence-electron chi connectivity index (χ4n) is 2.69. The molecule has 1 heterocycles. The van der Waals surface area contributed by atoms with E-state index in [0.717, 1.165) is 6.42 Å². The first kappa shape index (κ1) is 18.9. The number of benzene rings is 1. The van der Waals surface area contributed by atoms with Gasteiger partial charge in [-0.15, -0.1) is 0 Å². The zero-order valence-electron chi connectivity index (χ0n) is 14.7. The molecule has 0 unspecified atom stereocenters. The highest BCUT2D eigenvalue weighted by Crippen LogP contribution is 2.16. The third-order valence-corrected chi connectivity index (χ3v) is 4.13. The molecule has 1 aromatic rings. The molecule has 7 nitrogen and oxygen atoms in total. The second-order valence-electron chi connectivity index (χ2n) is 5.82. The van der Waals surface area contributed by atoms with Crippen molar-refractivity contribution in [2.24, 2.45) is 0 Å². The Morgan fingerprint density at radius 1 is 1.24 bits per heavy atom. The average molecular weight is 347 g/mol. The molecule has 1 atom stereocenters. The molecule has 1 aromatic carbocycles. The average Bonchev–Trinajstić information content (AvgIpc) is 3.15. The Bertz CT molecular complexity index is 623. The van der Waals surface area contributed by atoms with Gasteiger partial charge in [-0.05, 0) is 44.9 Å². The van der Waals surface area contributed by atoms with Crippen LogP contribution in [0, 0.1) is 0 Å². The summed E-state index contributed by atoms with van der Waals surface area (Å²) in [4.78, 5) is 37.9. The molecule has 7 heteroatoms. The van der Waals surface area contributed by atoms with E-state index < -0.39 is 6.10 Å². The number of carbonyl (C=O) groups excluding carboxylic acids is 3.